The fourth-order valence-electron chi connectivity index (χ4n) is 1.59. The molecule has 0 fully saturated rings. The highest BCUT2D eigenvalue weighted by atomic mass is 35.5. The van der Waals surface area contributed by atoms with E-state index >= 15 is 0 Å². The van der Waals surface area contributed by atoms with Crippen molar-refractivity contribution in [2.24, 2.45) is 5.73 Å². The molecule has 0 bridgehead atoms. The van der Waals surface area contributed by atoms with Gasteiger partial charge >= 0.3 is 0 Å². The molecule has 0 saturated carbocycles. The van der Waals surface area contributed by atoms with E-state index in [1.54, 1.807) is 0 Å². The standard InChI is InChI=1S/C12H11ClN2S/c13-10-5-2-1-4-9(10)8-15-7-3-6-11(15)12(14)16/h1-7H,8H2,(H2,14,16). The van der Waals surface area contributed by atoms with Crippen molar-refractivity contribution in [1.29, 1.82) is 0 Å². The molecule has 0 amide bonds. The van der Waals surface area contributed by atoms with Gasteiger partial charge in [-0.15, -0.1) is 0 Å². The number of rotatable bonds is 3. The molecule has 4 heteroatoms. The van der Waals surface area contributed by atoms with Crippen molar-refractivity contribution < 1.29 is 0 Å². The molecule has 0 aliphatic carbocycles. The fraction of sp³-hybridized carbons (Fsp3) is 0.0833. The Hall–Kier alpha value is -1.32. The minimum atomic E-state index is 0.400. The van der Waals surface area contributed by atoms with Gasteiger partial charge in [0.1, 0.15) is 4.99 Å². The third-order valence-corrected chi connectivity index (χ3v) is 2.96. The molecule has 2 nitrogen and oxygen atoms in total. The summed E-state index contributed by atoms with van der Waals surface area (Å²) >= 11 is 11.1. The van der Waals surface area contributed by atoms with Gasteiger partial charge in [-0.1, -0.05) is 42.0 Å². The Morgan fingerprint density at radius 1 is 1.25 bits per heavy atom. The molecule has 0 saturated heterocycles. The smallest absolute Gasteiger partial charge is 0.120 e. The lowest BCUT2D eigenvalue weighted by Gasteiger charge is -2.09. The second-order valence-corrected chi connectivity index (χ2v) is 4.32. The Morgan fingerprint density at radius 3 is 2.69 bits per heavy atom. The minimum absolute atomic E-state index is 0.400. The lowest BCUT2D eigenvalue weighted by atomic mass is 10.2. The van der Waals surface area contributed by atoms with Gasteiger partial charge in [0.2, 0.25) is 0 Å². The number of hydrogen-bond acceptors (Lipinski definition) is 1. The molecule has 0 radical (unpaired) electrons. The largest absolute Gasteiger partial charge is 0.388 e. The van der Waals surface area contributed by atoms with Gasteiger partial charge in [0, 0.05) is 17.8 Å². The summed E-state index contributed by atoms with van der Waals surface area (Å²) in [4.78, 5) is 0.400. The number of aromatic nitrogens is 1. The van der Waals surface area contributed by atoms with Crippen molar-refractivity contribution in [2.45, 2.75) is 6.54 Å². The summed E-state index contributed by atoms with van der Waals surface area (Å²) in [5.74, 6) is 0. The van der Waals surface area contributed by atoms with Crippen LogP contribution in [0.3, 0.4) is 0 Å². The van der Waals surface area contributed by atoms with Gasteiger partial charge in [0.05, 0.1) is 5.69 Å². The van der Waals surface area contributed by atoms with Crippen molar-refractivity contribution in [3.05, 3.63) is 58.9 Å². The second-order valence-electron chi connectivity index (χ2n) is 3.48. The van der Waals surface area contributed by atoms with Gasteiger partial charge in [0.25, 0.3) is 0 Å². The molecule has 0 aliphatic heterocycles. The van der Waals surface area contributed by atoms with Crippen LogP contribution in [0.5, 0.6) is 0 Å². The average molecular weight is 251 g/mol. The van der Waals surface area contributed by atoms with E-state index in [-0.39, 0.29) is 0 Å². The van der Waals surface area contributed by atoms with E-state index in [0.717, 1.165) is 16.3 Å². The predicted octanol–water partition coefficient (Wildman–Crippen LogP) is 2.82. The first kappa shape index (κ1) is 11.2. The number of thiocarbonyl (C=S) groups is 1. The van der Waals surface area contributed by atoms with Gasteiger partial charge in [-0.2, -0.15) is 0 Å². The molecule has 1 heterocycles. The SMILES string of the molecule is NC(=S)c1cccn1Cc1ccccc1Cl. The summed E-state index contributed by atoms with van der Waals surface area (Å²) in [6.45, 7) is 0.680. The number of hydrogen-bond donors (Lipinski definition) is 1. The number of halogens is 1. The van der Waals surface area contributed by atoms with Crippen LogP contribution in [0.1, 0.15) is 11.3 Å². The lowest BCUT2D eigenvalue weighted by molar-refractivity contribution is 0.799. The van der Waals surface area contributed by atoms with E-state index in [1.807, 2.05) is 47.2 Å². The molecule has 0 unspecified atom stereocenters. The Balaban J connectivity index is 2.31. The highest BCUT2D eigenvalue weighted by Gasteiger charge is 2.05. The third kappa shape index (κ3) is 2.26. The van der Waals surface area contributed by atoms with Gasteiger partial charge < -0.3 is 10.3 Å². The molecule has 0 spiro atoms. The molecule has 2 N–H and O–H groups in total. The van der Waals surface area contributed by atoms with Gasteiger partial charge in [-0.25, -0.2) is 0 Å². The first-order valence-electron chi connectivity index (χ1n) is 4.87. The van der Waals surface area contributed by atoms with E-state index in [0.29, 0.717) is 11.5 Å². The number of nitrogens with two attached hydrogens (primary N) is 1. The van der Waals surface area contributed by atoms with Crippen LogP contribution in [0.25, 0.3) is 0 Å². The molecule has 0 atom stereocenters. The zero-order valence-corrected chi connectivity index (χ0v) is 10.1. The minimum Gasteiger partial charge on any atom is -0.388 e. The Labute approximate surface area is 105 Å². The monoisotopic (exact) mass is 250 g/mol. The van der Waals surface area contributed by atoms with E-state index in [9.17, 15) is 0 Å². The zero-order chi connectivity index (χ0) is 11.5. The maximum absolute atomic E-state index is 6.10. The van der Waals surface area contributed by atoms with E-state index in [1.165, 1.54) is 0 Å². The van der Waals surface area contributed by atoms with Gasteiger partial charge in [-0.05, 0) is 23.8 Å². The maximum atomic E-state index is 6.10. The van der Waals surface area contributed by atoms with Crippen LogP contribution in [0.15, 0.2) is 42.6 Å². The third-order valence-electron chi connectivity index (χ3n) is 2.38. The maximum Gasteiger partial charge on any atom is 0.120 e. The molecule has 16 heavy (non-hydrogen) atoms. The normalized spacial score (nSPS) is 10.3. The highest BCUT2D eigenvalue weighted by Crippen LogP contribution is 2.17. The van der Waals surface area contributed by atoms with Crippen LogP contribution in [0.2, 0.25) is 5.02 Å². The Kier molecular flexibility index (Phi) is 3.27. The predicted molar refractivity (Wildman–Crippen MR) is 70.9 cm³/mol. The fourth-order valence-corrected chi connectivity index (χ4v) is 1.97. The quantitative estimate of drug-likeness (QED) is 0.850. The topological polar surface area (TPSA) is 30.9 Å². The van der Waals surface area contributed by atoms with E-state index in [4.69, 9.17) is 29.6 Å². The first-order chi connectivity index (χ1) is 7.68. The summed E-state index contributed by atoms with van der Waals surface area (Å²) in [5.41, 5.74) is 7.54. The van der Waals surface area contributed by atoms with E-state index < -0.39 is 0 Å². The summed E-state index contributed by atoms with van der Waals surface area (Å²) in [5, 5.41) is 0.755. The van der Waals surface area contributed by atoms with E-state index in [2.05, 4.69) is 0 Å². The van der Waals surface area contributed by atoms with Crippen molar-refractivity contribution >= 4 is 28.8 Å². The van der Waals surface area contributed by atoms with Crippen LogP contribution in [0, 0.1) is 0 Å². The molecular weight excluding hydrogens is 240 g/mol. The van der Waals surface area contributed by atoms with Crippen LogP contribution in [0.4, 0.5) is 0 Å². The summed E-state index contributed by atoms with van der Waals surface area (Å²) in [7, 11) is 0. The molecular formula is C12H11ClN2S. The van der Waals surface area contributed by atoms with Crippen molar-refractivity contribution in [2.75, 3.05) is 0 Å². The second kappa shape index (κ2) is 4.68. The number of benzene rings is 1. The average Bonchev–Trinajstić information content (AvgIpc) is 2.69. The molecule has 82 valence electrons. The Morgan fingerprint density at radius 2 is 2.00 bits per heavy atom. The summed E-state index contributed by atoms with van der Waals surface area (Å²) in [6, 6.07) is 11.6. The lowest BCUT2D eigenvalue weighted by Crippen LogP contribution is -2.15. The highest BCUT2D eigenvalue weighted by molar-refractivity contribution is 7.80. The zero-order valence-electron chi connectivity index (χ0n) is 8.56. The molecule has 1 aromatic heterocycles. The summed E-state index contributed by atoms with van der Waals surface area (Å²) < 4.78 is 1.99. The van der Waals surface area contributed by atoms with Crippen LogP contribution >= 0.6 is 23.8 Å². The summed E-state index contributed by atoms with van der Waals surface area (Å²) in [6.07, 6.45) is 1.94. The molecule has 2 aromatic rings. The van der Waals surface area contributed by atoms with Crippen LogP contribution < -0.4 is 5.73 Å². The Bertz CT molecular complexity index is 519. The van der Waals surface area contributed by atoms with Crippen molar-refractivity contribution in [3.63, 3.8) is 0 Å². The van der Waals surface area contributed by atoms with Crippen molar-refractivity contribution in [1.82, 2.24) is 4.57 Å². The van der Waals surface area contributed by atoms with Gasteiger partial charge in [0.15, 0.2) is 0 Å². The molecule has 0 aliphatic rings. The van der Waals surface area contributed by atoms with Crippen LogP contribution in [-0.2, 0) is 6.54 Å². The van der Waals surface area contributed by atoms with Crippen LogP contribution in [-0.4, -0.2) is 9.56 Å². The van der Waals surface area contributed by atoms with Crippen molar-refractivity contribution in [3.8, 4) is 0 Å². The first-order valence-corrected chi connectivity index (χ1v) is 5.65. The molecule has 1 aromatic carbocycles. The van der Waals surface area contributed by atoms with Gasteiger partial charge in [-0.3, -0.25) is 0 Å². The molecule has 2 rings (SSSR count). The number of nitrogens with zero attached hydrogens (tertiary/aromatic N) is 1.